The van der Waals surface area contributed by atoms with Crippen LogP contribution in [0.15, 0.2) is 48.5 Å². The summed E-state index contributed by atoms with van der Waals surface area (Å²) in [4.78, 5) is 53.4. The molecule has 1 aromatic carbocycles. The van der Waals surface area contributed by atoms with E-state index in [4.69, 9.17) is 32.7 Å². The van der Waals surface area contributed by atoms with E-state index in [1.54, 1.807) is 48.5 Å². The van der Waals surface area contributed by atoms with Gasteiger partial charge in [0.25, 0.3) is 11.8 Å². The van der Waals surface area contributed by atoms with Gasteiger partial charge in [-0.2, -0.15) is 0 Å². The Balaban J connectivity index is 1.40. The molecule has 10 nitrogen and oxygen atoms in total. The van der Waals surface area contributed by atoms with Gasteiger partial charge in [-0.05, 0) is 48.5 Å². The zero-order valence-corrected chi connectivity index (χ0v) is 23.8. The van der Waals surface area contributed by atoms with Gasteiger partial charge >= 0.3 is 6.09 Å². The molecule has 1 saturated heterocycles. The van der Waals surface area contributed by atoms with Crippen LogP contribution in [0.4, 0.5) is 16.2 Å². The lowest BCUT2D eigenvalue weighted by molar-refractivity contribution is -0.125. The van der Waals surface area contributed by atoms with Crippen LogP contribution in [0.3, 0.4) is 0 Å². The van der Waals surface area contributed by atoms with E-state index in [0.717, 1.165) is 11.3 Å². The molecule has 3 aromatic rings. The van der Waals surface area contributed by atoms with Gasteiger partial charge in [0.1, 0.15) is 12.7 Å². The third-order valence-corrected chi connectivity index (χ3v) is 8.08. The molecule has 0 spiro atoms. The number of nitrogens with one attached hydrogen (secondary N) is 2. The van der Waals surface area contributed by atoms with Gasteiger partial charge < -0.3 is 25.0 Å². The van der Waals surface area contributed by atoms with E-state index in [1.807, 2.05) is 0 Å². The van der Waals surface area contributed by atoms with Gasteiger partial charge in [0.2, 0.25) is 5.91 Å². The van der Waals surface area contributed by atoms with Crippen molar-refractivity contribution in [3.05, 3.63) is 67.0 Å². The first-order valence-electron chi connectivity index (χ1n) is 11.7. The van der Waals surface area contributed by atoms with Crippen molar-refractivity contribution < 1.29 is 28.7 Å². The molecule has 0 saturated carbocycles. The number of hydrogen-bond donors (Lipinski definition) is 2. The van der Waals surface area contributed by atoms with E-state index in [0.29, 0.717) is 29.8 Å². The van der Waals surface area contributed by atoms with Crippen molar-refractivity contribution in [3.8, 4) is 0 Å². The van der Waals surface area contributed by atoms with Crippen molar-refractivity contribution in [2.24, 2.45) is 0 Å². The van der Waals surface area contributed by atoms with Crippen molar-refractivity contribution in [3.63, 3.8) is 0 Å². The normalized spacial score (nSPS) is 14.7. The van der Waals surface area contributed by atoms with Crippen LogP contribution in [0.1, 0.15) is 19.3 Å². The Morgan fingerprint density at radius 2 is 1.72 bits per heavy atom. The number of thiophene rings is 2. The van der Waals surface area contributed by atoms with Gasteiger partial charge in [-0.15, -0.1) is 22.7 Å². The quantitative estimate of drug-likeness (QED) is 0.313. The van der Waals surface area contributed by atoms with E-state index < -0.39 is 12.2 Å². The summed E-state index contributed by atoms with van der Waals surface area (Å²) < 4.78 is 11.8. The number of halogens is 2. The van der Waals surface area contributed by atoms with Crippen molar-refractivity contribution in [1.82, 2.24) is 10.6 Å². The zero-order chi connectivity index (χ0) is 27.9. The van der Waals surface area contributed by atoms with E-state index in [-0.39, 0.29) is 50.6 Å². The Hall–Kier alpha value is -3.16. The molecule has 0 aliphatic carbocycles. The van der Waals surface area contributed by atoms with Gasteiger partial charge in [-0.25, -0.2) is 4.79 Å². The molecule has 1 aliphatic heterocycles. The summed E-state index contributed by atoms with van der Waals surface area (Å²) >= 11 is 14.2. The molecule has 3 heterocycles. The highest BCUT2D eigenvalue weighted by molar-refractivity contribution is 7.18. The molecule has 0 bridgehead atoms. The monoisotopic (exact) mass is 610 g/mol. The summed E-state index contributed by atoms with van der Waals surface area (Å²) in [7, 11) is 1.51. The minimum Gasteiger partial charge on any atom is -0.442 e. The third kappa shape index (κ3) is 7.49. The number of likely N-dealkylation sites (N-methyl/N-ethyl adjacent to an activating group) is 1. The Kier molecular flexibility index (Phi) is 9.81. The lowest BCUT2D eigenvalue weighted by atomic mass is 10.2. The van der Waals surface area contributed by atoms with Gasteiger partial charge in [0.15, 0.2) is 0 Å². The number of ether oxygens (including phenoxy) is 2. The Morgan fingerprint density at radius 1 is 1.05 bits per heavy atom. The zero-order valence-electron chi connectivity index (χ0n) is 20.6. The standard InChI is InChI=1S/C25H24Cl2N4O6S2/c1-28-22(32)14-36-11-10-30(24(34)19-7-9-21(27)39-19)15-2-4-16(5-3-15)31-13-17(37-25(31)35)12-29-23(33)18-6-8-20(26)38-18/h2-9,17H,10-14H2,1H3,(H,28,32)(H,29,33)/t17-/m0/s1. The molecule has 2 N–H and O–H groups in total. The van der Waals surface area contributed by atoms with Gasteiger partial charge in [0.05, 0.1) is 38.1 Å². The first-order valence-corrected chi connectivity index (χ1v) is 14.1. The number of cyclic esters (lactones) is 1. The van der Waals surface area contributed by atoms with Crippen LogP contribution in [-0.2, 0) is 14.3 Å². The molecule has 206 valence electrons. The van der Waals surface area contributed by atoms with E-state index in [2.05, 4.69) is 10.6 Å². The second-order valence-electron chi connectivity index (χ2n) is 8.23. The maximum atomic E-state index is 13.2. The van der Waals surface area contributed by atoms with Gasteiger partial charge in [-0.3, -0.25) is 19.3 Å². The van der Waals surface area contributed by atoms with Crippen LogP contribution in [0.2, 0.25) is 8.67 Å². The number of carbonyl (C=O) groups excluding carboxylic acids is 4. The highest BCUT2D eigenvalue weighted by Gasteiger charge is 2.33. The molecule has 4 amide bonds. The first kappa shape index (κ1) is 28.8. The number of rotatable bonds is 11. The molecule has 14 heteroatoms. The third-order valence-electron chi connectivity index (χ3n) is 5.63. The number of amides is 4. The average molecular weight is 612 g/mol. The van der Waals surface area contributed by atoms with Crippen LogP contribution in [-0.4, -0.2) is 69.8 Å². The van der Waals surface area contributed by atoms with Gasteiger partial charge in [-0.1, -0.05) is 23.2 Å². The highest BCUT2D eigenvalue weighted by atomic mass is 35.5. The van der Waals surface area contributed by atoms with Crippen molar-refractivity contribution in [1.29, 1.82) is 0 Å². The lowest BCUT2D eigenvalue weighted by Crippen LogP contribution is -2.35. The predicted octanol–water partition coefficient (Wildman–Crippen LogP) is 4.28. The lowest BCUT2D eigenvalue weighted by Gasteiger charge is -2.23. The number of hydrogen-bond acceptors (Lipinski definition) is 8. The fourth-order valence-electron chi connectivity index (χ4n) is 3.68. The molecule has 39 heavy (non-hydrogen) atoms. The van der Waals surface area contributed by atoms with Crippen molar-refractivity contribution in [2.75, 3.05) is 49.7 Å². The summed E-state index contributed by atoms with van der Waals surface area (Å²) in [6.45, 7) is 0.586. The van der Waals surface area contributed by atoms with E-state index in [1.165, 1.54) is 28.2 Å². The Labute approximate surface area is 242 Å². The number of carbonyl (C=O) groups is 4. The van der Waals surface area contributed by atoms with Crippen molar-refractivity contribution >= 4 is 81.1 Å². The minimum atomic E-state index is -0.537. The predicted molar refractivity (Wildman–Crippen MR) is 152 cm³/mol. The fourth-order valence-corrected chi connectivity index (χ4v) is 5.64. The average Bonchev–Trinajstić information content (AvgIpc) is 3.66. The van der Waals surface area contributed by atoms with Crippen LogP contribution in [0, 0.1) is 0 Å². The number of nitrogens with zero attached hydrogens (tertiary/aromatic N) is 2. The maximum Gasteiger partial charge on any atom is 0.414 e. The maximum absolute atomic E-state index is 13.2. The van der Waals surface area contributed by atoms with Crippen LogP contribution < -0.4 is 20.4 Å². The summed E-state index contributed by atoms with van der Waals surface area (Å²) in [5.74, 6) is -0.831. The summed E-state index contributed by atoms with van der Waals surface area (Å²) in [5, 5.41) is 5.23. The van der Waals surface area contributed by atoms with E-state index >= 15 is 0 Å². The van der Waals surface area contributed by atoms with Crippen molar-refractivity contribution in [2.45, 2.75) is 6.10 Å². The minimum absolute atomic E-state index is 0.123. The first-order chi connectivity index (χ1) is 18.7. The fraction of sp³-hybridized carbons (Fsp3) is 0.280. The van der Waals surface area contributed by atoms with Gasteiger partial charge in [0, 0.05) is 25.0 Å². The Bertz CT molecular complexity index is 1350. The summed E-state index contributed by atoms with van der Waals surface area (Å²) in [6, 6.07) is 13.4. The molecule has 1 atom stereocenters. The molecule has 1 aliphatic rings. The summed E-state index contributed by atoms with van der Waals surface area (Å²) in [6.07, 6.45) is -1.07. The molecule has 0 radical (unpaired) electrons. The second kappa shape index (κ2) is 13.3. The molecular weight excluding hydrogens is 587 g/mol. The SMILES string of the molecule is CNC(=O)COCCN(C(=O)c1ccc(Cl)s1)c1ccc(N2C[C@H](CNC(=O)c3ccc(Cl)s3)OC2=O)cc1. The highest BCUT2D eigenvalue weighted by Crippen LogP contribution is 2.28. The molecular formula is C25H24Cl2N4O6S2. The molecule has 2 aromatic heterocycles. The summed E-state index contributed by atoms with van der Waals surface area (Å²) in [5.41, 5.74) is 1.15. The Morgan fingerprint density at radius 3 is 2.33 bits per heavy atom. The number of anilines is 2. The second-order valence-corrected chi connectivity index (χ2v) is 11.7. The van der Waals surface area contributed by atoms with E-state index in [9.17, 15) is 19.2 Å². The molecule has 0 unspecified atom stereocenters. The molecule has 4 rings (SSSR count). The topological polar surface area (TPSA) is 117 Å². The largest absolute Gasteiger partial charge is 0.442 e. The van der Waals surface area contributed by atoms with Crippen LogP contribution in [0.25, 0.3) is 0 Å². The number of benzene rings is 1. The molecule has 1 fully saturated rings. The van der Waals surface area contributed by atoms with Crippen LogP contribution in [0.5, 0.6) is 0 Å². The van der Waals surface area contributed by atoms with Crippen LogP contribution >= 0.6 is 45.9 Å². The smallest absolute Gasteiger partial charge is 0.414 e.